The first-order valence-electron chi connectivity index (χ1n) is 19.8. The minimum absolute atomic E-state index is 0.0805. The molecular formula is C39H68O14. The lowest BCUT2D eigenvalue weighted by Crippen LogP contribution is -2.64. The van der Waals surface area contributed by atoms with E-state index in [1.165, 1.54) is 20.1 Å². The van der Waals surface area contributed by atoms with Crippen molar-refractivity contribution in [2.45, 2.75) is 211 Å². The first-order chi connectivity index (χ1) is 25.4. The third-order valence-corrected chi connectivity index (χ3v) is 9.72. The minimum Gasteiger partial charge on any atom is -0.469 e. The molecule has 14 heteroatoms. The van der Waals surface area contributed by atoms with Crippen LogP contribution in [-0.4, -0.2) is 119 Å². The number of carbonyl (C=O) groups is 3. The molecule has 0 aromatic heterocycles. The molecule has 2 aliphatic rings. The Morgan fingerprint density at radius 1 is 0.660 bits per heavy atom. The molecule has 2 aliphatic heterocycles. The van der Waals surface area contributed by atoms with E-state index >= 15 is 0 Å². The summed E-state index contributed by atoms with van der Waals surface area (Å²) in [6.45, 7) is 9.22. The Labute approximate surface area is 315 Å². The Hall–Kier alpha value is -2.17. The fraction of sp³-hybridized carbons (Fsp3) is 0.872. The summed E-state index contributed by atoms with van der Waals surface area (Å²) in [5.41, 5.74) is 0. The third-order valence-electron chi connectivity index (χ3n) is 9.72. The molecule has 0 bridgehead atoms. The number of aliphatic hydroxyl groups is 4. The largest absolute Gasteiger partial charge is 0.469 e. The summed E-state index contributed by atoms with van der Waals surface area (Å²) < 4.78 is 40.3. The van der Waals surface area contributed by atoms with E-state index in [9.17, 15) is 34.8 Å². The van der Waals surface area contributed by atoms with Gasteiger partial charge < -0.3 is 53.6 Å². The van der Waals surface area contributed by atoms with Crippen molar-refractivity contribution in [3.05, 3.63) is 12.2 Å². The van der Waals surface area contributed by atoms with Crippen LogP contribution in [0.15, 0.2) is 12.2 Å². The summed E-state index contributed by atoms with van der Waals surface area (Å²) >= 11 is 0. The van der Waals surface area contributed by atoms with Gasteiger partial charge in [-0.05, 0) is 39.5 Å². The first-order valence-corrected chi connectivity index (χ1v) is 19.8. The molecule has 0 saturated carbocycles. The standard InChI is InChI=1S/C39H68O14/c1-7-10-12-14-15-17-19-22-29(40)52-36-34(45)32(43)26(5)49-39(36)53-37-35(46)33(44)25(4)48-38(37)51-28(21-18-16-13-11-8-2)24-31(42)50-27(20-9-3)23-30(41)47-6/h19,22,25-28,32-39,43-46H,7-18,20-21,23-24H2,1-6H3. The second-order valence-electron chi connectivity index (χ2n) is 14.3. The number of rotatable bonds is 25. The second-order valence-corrected chi connectivity index (χ2v) is 14.3. The molecule has 12 unspecified atom stereocenters. The van der Waals surface area contributed by atoms with Gasteiger partial charge in [-0.2, -0.15) is 0 Å². The highest BCUT2D eigenvalue weighted by Gasteiger charge is 2.51. The zero-order valence-electron chi connectivity index (χ0n) is 32.8. The van der Waals surface area contributed by atoms with Crippen LogP contribution >= 0.6 is 0 Å². The van der Waals surface area contributed by atoms with Crippen LogP contribution in [0.3, 0.4) is 0 Å². The molecule has 0 spiro atoms. The summed E-state index contributed by atoms with van der Waals surface area (Å²) in [5.74, 6) is -1.86. The number of methoxy groups -OCH3 is 1. The average molecular weight is 761 g/mol. The van der Waals surface area contributed by atoms with Gasteiger partial charge in [0, 0.05) is 6.08 Å². The Bertz CT molecular complexity index is 1070. The van der Waals surface area contributed by atoms with Gasteiger partial charge in [0.25, 0.3) is 0 Å². The van der Waals surface area contributed by atoms with Crippen molar-refractivity contribution in [1.82, 2.24) is 0 Å². The highest BCUT2D eigenvalue weighted by Crippen LogP contribution is 2.32. The van der Waals surface area contributed by atoms with E-state index in [4.69, 9.17) is 33.2 Å². The number of ether oxygens (including phenoxy) is 7. The second kappa shape index (κ2) is 25.8. The van der Waals surface area contributed by atoms with Crippen LogP contribution in [0.25, 0.3) is 0 Å². The molecule has 2 saturated heterocycles. The Kier molecular flexibility index (Phi) is 22.9. The van der Waals surface area contributed by atoms with E-state index in [1.807, 2.05) is 6.92 Å². The van der Waals surface area contributed by atoms with Crippen molar-refractivity contribution in [3.63, 3.8) is 0 Å². The van der Waals surface area contributed by atoms with Crippen LogP contribution in [0.4, 0.5) is 0 Å². The van der Waals surface area contributed by atoms with E-state index in [0.29, 0.717) is 25.7 Å². The van der Waals surface area contributed by atoms with Crippen LogP contribution in [0.1, 0.15) is 137 Å². The van der Waals surface area contributed by atoms with E-state index < -0.39 is 91.5 Å². The normalized spacial score (nSPS) is 30.2. The molecule has 2 fully saturated rings. The monoisotopic (exact) mass is 760 g/mol. The summed E-state index contributed by atoms with van der Waals surface area (Å²) in [6, 6.07) is 0. The van der Waals surface area contributed by atoms with Gasteiger partial charge in [0.15, 0.2) is 18.7 Å². The van der Waals surface area contributed by atoms with Crippen molar-refractivity contribution in [1.29, 1.82) is 0 Å². The fourth-order valence-corrected chi connectivity index (χ4v) is 6.46. The van der Waals surface area contributed by atoms with Gasteiger partial charge in [0.05, 0.1) is 38.3 Å². The van der Waals surface area contributed by atoms with Crippen LogP contribution in [-0.2, 0) is 47.5 Å². The van der Waals surface area contributed by atoms with E-state index in [1.54, 1.807) is 13.0 Å². The number of esters is 3. The van der Waals surface area contributed by atoms with E-state index in [0.717, 1.165) is 64.2 Å². The molecule has 0 aromatic carbocycles. The van der Waals surface area contributed by atoms with E-state index in [-0.39, 0.29) is 12.8 Å². The molecule has 53 heavy (non-hydrogen) atoms. The van der Waals surface area contributed by atoms with Crippen LogP contribution < -0.4 is 0 Å². The Morgan fingerprint density at radius 3 is 1.83 bits per heavy atom. The van der Waals surface area contributed by atoms with Crippen LogP contribution in [0, 0.1) is 0 Å². The molecule has 0 aliphatic carbocycles. The molecule has 4 N–H and O–H groups in total. The molecule has 0 amide bonds. The number of hydrogen-bond donors (Lipinski definition) is 4. The first kappa shape index (κ1) is 47.0. The zero-order chi connectivity index (χ0) is 39.3. The number of carbonyl (C=O) groups excluding carboxylic acids is 3. The molecule has 0 radical (unpaired) electrons. The highest BCUT2D eigenvalue weighted by molar-refractivity contribution is 5.82. The van der Waals surface area contributed by atoms with Gasteiger partial charge in [0.2, 0.25) is 0 Å². The number of hydrogen-bond acceptors (Lipinski definition) is 14. The molecular weight excluding hydrogens is 692 g/mol. The van der Waals surface area contributed by atoms with Crippen LogP contribution in [0.2, 0.25) is 0 Å². The van der Waals surface area contributed by atoms with Crippen molar-refractivity contribution >= 4 is 17.9 Å². The van der Waals surface area contributed by atoms with E-state index in [2.05, 4.69) is 13.8 Å². The zero-order valence-corrected chi connectivity index (χ0v) is 32.8. The summed E-state index contributed by atoms with van der Waals surface area (Å²) in [4.78, 5) is 38.0. The summed E-state index contributed by atoms with van der Waals surface area (Å²) in [6.07, 6.45) is -0.137. The number of aliphatic hydroxyl groups excluding tert-OH is 4. The van der Waals surface area contributed by atoms with Crippen molar-refractivity contribution < 1.29 is 68.0 Å². The Balaban J connectivity index is 2.27. The fourth-order valence-electron chi connectivity index (χ4n) is 6.46. The quantitative estimate of drug-likeness (QED) is 0.0438. The maximum absolute atomic E-state index is 13.2. The highest BCUT2D eigenvalue weighted by atomic mass is 16.8. The van der Waals surface area contributed by atoms with Crippen molar-refractivity contribution in [3.8, 4) is 0 Å². The van der Waals surface area contributed by atoms with Gasteiger partial charge >= 0.3 is 17.9 Å². The average Bonchev–Trinajstić information content (AvgIpc) is 3.12. The molecule has 0 aromatic rings. The SMILES string of the molecule is CCCCCCCC=CC(=O)OC1C(OC2C(OC(CCCCCCC)CC(=O)OC(CCC)CC(=O)OC)OC(C)C(O)C2O)OC(C)C(O)C1O. The minimum atomic E-state index is -1.60. The lowest BCUT2D eigenvalue weighted by molar-refractivity contribution is -0.366. The van der Waals surface area contributed by atoms with Crippen molar-refractivity contribution in [2.24, 2.45) is 0 Å². The molecule has 12 atom stereocenters. The molecule has 308 valence electrons. The smallest absolute Gasteiger partial charge is 0.330 e. The molecule has 14 nitrogen and oxygen atoms in total. The van der Waals surface area contributed by atoms with Gasteiger partial charge in [-0.1, -0.05) is 91.1 Å². The maximum atomic E-state index is 13.2. The molecule has 2 heterocycles. The maximum Gasteiger partial charge on any atom is 0.330 e. The number of unbranched alkanes of at least 4 members (excludes halogenated alkanes) is 9. The van der Waals surface area contributed by atoms with Gasteiger partial charge in [-0.15, -0.1) is 0 Å². The predicted molar refractivity (Wildman–Crippen MR) is 194 cm³/mol. The lowest BCUT2D eigenvalue weighted by atomic mass is 9.97. The summed E-state index contributed by atoms with van der Waals surface area (Å²) in [5, 5.41) is 43.7. The molecule has 2 rings (SSSR count). The van der Waals surface area contributed by atoms with Gasteiger partial charge in [0.1, 0.15) is 36.6 Å². The predicted octanol–water partition coefficient (Wildman–Crippen LogP) is 4.54. The van der Waals surface area contributed by atoms with Gasteiger partial charge in [-0.25, -0.2) is 4.79 Å². The third kappa shape index (κ3) is 16.6. The van der Waals surface area contributed by atoms with Crippen molar-refractivity contribution in [2.75, 3.05) is 7.11 Å². The lowest BCUT2D eigenvalue weighted by Gasteiger charge is -2.46. The Morgan fingerprint density at radius 2 is 1.23 bits per heavy atom. The van der Waals surface area contributed by atoms with Gasteiger partial charge in [-0.3, -0.25) is 9.59 Å². The van der Waals surface area contributed by atoms with Crippen LogP contribution in [0.5, 0.6) is 0 Å². The summed E-state index contributed by atoms with van der Waals surface area (Å²) in [7, 11) is 1.27. The topological polar surface area (TPSA) is 197 Å². The number of allylic oxidation sites excluding steroid dienone is 1.